The van der Waals surface area contributed by atoms with Gasteiger partial charge >= 0.3 is 6.09 Å². The molecule has 1 aliphatic heterocycles. The number of carbonyl (C=O) groups is 1. The number of hydrogen-bond acceptors (Lipinski definition) is 4. The van der Waals surface area contributed by atoms with Crippen molar-refractivity contribution in [2.75, 3.05) is 13.2 Å². The third-order valence-corrected chi connectivity index (χ3v) is 3.40. The zero-order chi connectivity index (χ0) is 12.7. The summed E-state index contributed by atoms with van der Waals surface area (Å²) in [6.07, 6.45) is 0.769. The van der Waals surface area contributed by atoms with Crippen molar-refractivity contribution in [1.29, 1.82) is 0 Å². The smallest absolute Gasteiger partial charge is 0.407 e. The molecule has 1 amide bonds. The van der Waals surface area contributed by atoms with E-state index in [0.717, 1.165) is 12.8 Å². The highest BCUT2D eigenvalue weighted by atomic mass is 16.6. The van der Waals surface area contributed by atoms with Crippen molar-refractivity contribution in [3.63, 3.8) is 0 Å². The van der Waals surface area contributed by atoms with Crippen LogP contribution >= 0.6 is 0 Å². The molecule has 1 saturated heterocycles. The van der Waals surface area contributed by atoms with Crippen molar-refractivity contribution in [2.45, 2.75) is 51.4 Å². The molecule has 0 radical (unpaired) electrons. The molecule has 2 fully saturated rings. The van der Waals surface area contributed by atoms with Crippen LogP contribution in [0.25, 0.3) is 0 Å². The molecule has 0 aromatic carbocycles. The molecule has 17 heavy (non-hydrogen) atoms. The SMILES string of the molecule is CC(C)(C)OC(=O)NC1CC2(COCC2O)C1. The molecule has 1 unspecified atom stereocenters. The van der Waals surface area contributed by atoms with Crippen LogP contribution in [0, 0.1) is 5.41 Å². The van der Waals surface area contributed by atoms with Crippen LogP contribution < -0.4 is 5.32 Å². The summed E-state index contributed by atoms with van der Waals surface area (Å²) in [4.78, 5) is 11.5. The minimum atomic E-state index is -0.471. The van der Waals surface area contributed by atoms with E-state index in [1.165, 1.54) is 0 Å². The van der Waals surface area contributed by atoms with E-state index in [9.17, 15) is 9.90 Å². The Morgan fingerprint density at radius 2 is 2.12 bits per heavy atom. The van der Waals surface area contributed by atoms with E-state index < -0.39 is 5.60 Å². The molecule has 1 aliphatic carbocycles. The standard InChI is InChI=1S/C12H21NO4/c1-11(2,3)17-10(15)13-8-4-12(5-8)7-16-6-9(12)14/h8-9,14H,4-7H2,1-3H3,(H,13,15). The maximum absolute atomic E-state index is 11.5. The van der Waals surface area contributed by atoms with Gasteiger partial charge in [-0.25, -0.2) is 4.79 Å². The van der Waals surface area contributed by atoms with Gasteiger partial charge in [-0.1, -0.05) is 0 Å². The summed E-state index contributed by atoms with van der Waals surface area (Å²) < 4.78 is 10.4. The van der Waals surface area contributed by atoms with E-state index in [0.29, 0.717) is 13.2 Å². The second kappa shape index (κ2) is 4.14. The molecule has 5 nitrogen and oxygen atoms in total. The van der Waals surface area contributed by atoms with Gasteiger partial charge in [0.15, 0.2) is 0 Å². The molecule has 1 spiro atoms. The first kappa shape index (κ1) is 12.6. The fourth-order valence-electron chi connectivity index (χ4n) is 2.53. The van der Waals surface area contributed by atoms with E-state index in [4.69, 9.17) is 9.47 Å². The fraction of sp³-hybridized carbons (Fsp3) is 0.917. The Kier molecular flexibility index (Phi) is 3.08. The van der Waals surface area contributed by atoms with E-state index >= 15 is 0 Å². The number of rotatable bonds is 1. The van der Waals surface area contributed by atoms with Crippen LogP contribution in [0.5, 0.6) is 0 Å². The largest absolute Gasteiger partial charge is 0.444 e. The number of ether oxygens (including phenoxy) is 2. The van der Waals surface area contributed by atoms with Crippen LogP contribution in [-0.4, -0.2) is 42.2 Å². The Hall–Kier alpha value is -0.810. The van der Waals surface area contributed by atoms with E-state index in [-0.39, 0.29) is 23.7 Å². The Morgan fingerprint density at radius 3 is 2.59 bits per heavy atom. The summed E-state index contributed by atoms with van der Waals surface area (Å²) >= 11 is 0. The summed E-state index contributed by atoms with van der Waals surface area (Å²) in [7, 11) is 0. The number of alkyl carbamates (subject to hydrolysis) is 1. The third kappa shape index (κ3) is 2.72. The van der Waals surface area contributed by atoms with Gasteiger partial charge in [0.1, 0.15) is 5.60 Å². The van der Waals surface area contributed by atoms with Gasteiger partial charge in [0.2, 0.25) is 0 Å². The molecule has 0 aromatic rings. The molecule has 0 aromatic heterocycles. The molecule has 1 saturated carbocycles. The average molecular weight is 243 g/mol. The van der Waals surface area contributed by atoms with Gasteiger partial charge in [-0.15, -0.1) is 0 Å². The number of aliphatic hydroxyl groups excluding tert-OH is 1. The van der Waals surface area contributed by atoms with Crippen molar-refractivity contribution in [3.8, 4) is 0 Å². The molecule has 5 heteroatoms. The van der Waals surface area contributed by atoms with Crippen molar-refractivity contribution in [3.05, 3.63) is 0 Å². The number of amides is 1. The Morgan fingerprint density at radius 1 is 1.47 bits per heavy atom. The first-order valence-corrected chi connectivity index (χ1v) is 6.06. The average Bonchev–Trinajstić information content (AvgIpc) is 2.43. The van der Waals surface area contributed by atoms with Crippen LogP contribution in [0.2, 0.25) is 0 Å². The predicted molar refractivity (Wildman–Crippen MR) is 61.7 cm³/mol. The second-order valence-corrected chi connectivity index (χ2v) is 6.14. The normalized spacial score (nSPS) is 36.7. The lowest BCUT2D eigenvalue weighted by atomic mass is 9.64. The van der Waals surface area contributed by atoms with Crippen LogP contribution in [0.3, 0.4) is 0 Å². The molecule has 2 aliphatic rings. The lowest BCUT2D eigenvalue weighted by Crippen LogP contribution is -2.56. The minimum Gasteiger partial charge on any atom is -0.444 e. The predicted octanol–water partition coefficient (Wildman–Crippen LogP) is 1.05. The van der Waals surface area contributed by atoms with Crippen LogP contribution in [0.1, 0.15) is 33.6 Å². The Balaban J connectivity index is 1.75. The van der Waals surface area contributed by atoms with Crippen LogP contribution in [0.15, 0.2) is 0 Å². The van der Waals surface area contributed by atoms with Crippen LogP contribution in [0.4, 0.5) is 4.79 Å². The molecule has 0 bridgehead atoms. The Labute approximate surface area is 101 Å². The van der Waals surface area contributed by atoms with E-state index in [1.54, 1.807) is 0 Å². The highest BCUT2D eigenvalue weighted by molar-refractivity contribution is 5.68. The summed E-state index contributed by atoms with van der Waals surface area (Å²) in [6.45, 7) is 6.52. The molecule has 1 heterocycles. The number of hydrogen-bond donors (Lipinski definition) is 2. The van der Waals surface area contributed by atoms with Crippen molar-refractivity contribution < 1.29 is 19.4 Å². The van der Waals surface area contributed by atoms with Gasteiger partial charge in [-0.05, 0) is 33.6 Å². The van der Waals surface area contributed by atoms with Gasteiger partial charge in [-0.3, -0.25) is 0 Å². The molecule has 2 N–H and O–H groups in total. The summed E-state index contributed by atoms with van der Waals surface area (Å²) in [6, 6.07) is 0.0983. The minimum absolute atomic E-state index is 0.0983. The first-order valence-electron chi connectivity index (χ1n) is 6.06. The topological polar surface area (TPSA) is 67.8 Å². The number of nitrogens with one attached hydrogen (secondary N) is 1. The van der Waals surface area contributed by atoms with Gasteiger partial charge < -0.3 is 19.9 Å². The lowest BCUT2D eigenvalue weighted by molar-refractivity contribution is -0.0225. The van der Waals surface area contributed by atoms with Crippen LogP contribution in [-0.2, 0) is 9.47 Å². The summed E-state index contributed by atoms with van der Waals surface area (Å²) in [5.41, 5.74) is -0.596. The van der Waals surface area contributed by atoms with Gasteiger partial charge in [0.25, 0.3) is 0 Å². The monoisotopic (exact) mass is 243 g/mol. The van der Waals surface area contributed by atoms with Crippen molar-refractivity contribution >= 4 is 6.09 Å². The fourth-order valence-corrected chi connectivity index (χ4v) is 2.53. The lowest BCUT2D eigenvalue weighted by Gasteiger charge is -2.46. The Bertz CT molecular complexity index is 304. The molecular weight excluding hydrogens is 222 g/mol. The molecule has 98 valence electrons. The third-order valence-electron chi connectivity index (χ3n) is 3.40. The molecule has 2 rings (SSSR count). The molecular formula is C12H21NO4. The summed E-state index contributed by atoms with van der Waals surface area (Å²) in [5, 5.41) is 12.6. The van der Waals surface area contributed by atoms with E-state index in [2.05, 4.69) is 5.32 Å². The van der Waals surface area contributed by atoms with Gasteiger partial charge in [0, 0.05) is 11.5 Å². The maximum atomic E-state index is 11.5. The zero-order valence-electron chi connectivity index (χ0n) is 10.7. The number of carbonyl (C=O) groups excluding carboxylic acids is 1. The summed E-state index contributed by atoms with van der Waals surface area (Å²) in [5.74, 6) is 0. The van der Waals surface area contributed by atoms with Gasteiger partial charge in [0.05, 0.1) is 19.3 Å². The zero-order valence-corrected chi connectivity index (χ0v) is 10.7. The quantitative estimate of drug-likeness (QED) is 0.722. The highest BCUT2D eigenvalue weighted by Crippen LogP contribution is 2.47. The second-order valence-electron chi connectivity index (χ2n) is 6.14. The number of aliphatic hydroxyl groups is 1. The van der Waals surface area contributed by atoms with E-state index in [1.807, 2.05) is 20.8 Å². The van der Waals surface area contributed by atoms with Gasteiger partial charge in [-0.2, -0.15) is 0 Å². The van der Waals surface area contributed by atoms with Crippen molar-refractivity contribution in [1.82, 2.24) is 5.32 Å². The molecule has 1 atom stereocenters. The highest BCUT2D eigenvalue weighted by Gasteiger charge is 2.53. The van der Waals surface area contributed by atoms with Crippen molar-refractivity contribution in [2.24, 2.45) is 5.41 Å². The first-order chi connectivity index (χ1) is 7.81. The maximum Gasteiger partial charge on any atom is 0.407 e.